The van der Waals surface area contributed by atoms with Crippen molar-refractivity contribution in [2.24, 2.45) is 16.8 Å². The van der Waals surface area contributed by atoms with Crippen LogP contribution in [0, 0.1) is 11.8 Å². The maximum absolute atomic E-state index is 5.83. The lowest BCUT2D eigenvalue weighted by atomic mass is 9.95. The quantitative estimate of drug-likeness (QED) is 0.407. The number of hydrogen-bond acceptors (Lipinski definition) is 4. The number of ether oxygens (including phenoxy) is 1. The fourth-order valence-corrected chi connectivity index (χ4v) is 4.01. The molecule has 2 aliphatic heterocycles. The average Bonchev–Trinajstić information content (AvgIpc) is 3.03. The van der Waals surface area contributed by atoms with Crippen LogP contribution in [0.3, 0.4) is 0 Å². The van der Waals surface area contributed by atoms with Crippen molar-refractivity contribution < 1.29 is 4.74 Å². The number of amidine groups is 1. The van der Waals surface area contributed by atoms with Gasteiger partial charge in [-0.15, -0.1) is 0 Å². The van der Waals surface area contributed by atoms with Crippen molar-refractivity contribution in [3.63, 3.8) is 0 Å². The third kappa shape index (κ3) is 5.11. The van der Waals surface area contributed by atoms with Crippen molar-refractivity contribution >= 4 is 17.6 Å². The van der Waals surface area contributed by atoms with Crippen LogP contribution in [-0.4, -0.2) is 37.0 Å². The van der Waals surface area contributed by atoms with Crippen LogP contribution in [0.2, 0.25) is 0 Å². The van der Waals surface area contributed by atoms with Gasteiger partial charge in [0.1, 0.15) is 5.84 Å². The van der Waals surface area contributed by atoms with Crippen molar-refractivity contribution in [2.75, 3.05) is 26.3 Å². The molecule has 0 aromatic rings. The minimum absolute atomic E-state index is 0.430. The van der Waals surface area contributed by atoms with Gasteiger partial charge in [-0.2, -0.15) is 0 Å². The minimum Gasteiger partial charge on any atom is -0.381 e. The topological polar surface area (TPSA) is 24.8 Å². The van der Waals surface area contributed by atoms with Crippen molar-refractivity contribution in [1.29, 1.82) is 0 Å². The van der Waals surface area contributed by atoms with Gasteiger partial charge in [0, 0.05) is 29.7 Å². The summed E-state index contributed by atoms with van der Waals surface area (Å²) in [6.45, 7) is 16.2. The number of aliphatic imine (C=N–C) groups is 1. The lowest BCUT2D eigenvalue weighted by Crippen LogP contribution is -2.33. The predicted molar refractivity (Wildman–Crippen MR) is 111 cm³/mol. The fourth-order valence-electron chi connectivity index (χ4n) is 3.43. The van der Waals surface area contributed by atoms with E-state index >= 15 is 0 Å². The van der Waals surface area contributed by atoms with Crippen LogP contribution in [0.5, 0.6) is 0 Å². The number of fused-ring (bicyclic) bond motifs is 1. The highest BCUT2D eigenvalue weighted by Crippen LogP contribution is 2.38. The van der Waals surface area contributed by atoms with Gasteiger partial charge in [-0.25, -0.2) is 0 Å². The highest BCUT2D eigenvalue weighted by Gasteiger charge is 2.35. The molecule has 0 spiro atoms. The van der Waals surface area contributed by atoms with Crippen LogP contribution in [-0.2, 0) is 4.74 Å². The number of thioether (sulfide) groups is 1. The van der Waals surface area contributed by atoms with Crippen LogP contribution in [0.25, 0.3) is 0 Å². The Morgan fingerprint density at radius 1 is 1.44 bits per heavy atom. The summed E-state index contributed by atoms with van der Waals surface area (Å²) in [6.07, 6.45) is 8.61. The van der Waals surface area contributed by atoms with Crippen molar-refractivity contribution in [3.8, 4) is 0 Å². The first kappa shape index (κ1) is 20.1. The Kier molecular flexibility index (Phi) is 8.04. The third-order valence-electron chi connectivity index (χ3n) is 4.60. The SMILES string of the molecule is C=C(S/C=C\C)C1=NCC(C(C)/C=C\C)=C2CC(COCCC)CN12. The lowest BCUT2D eigenvalue weighted by molar-refractivity contribution is 0.104. The van der Waals surface area contributed by atoms with Gasteiger partial charge >= 0.3 is 0 Å². The molecular weight excluding hydrogens is 328 g/mol. The van der Waals surface area contributed by atoms with Crippen LogP contribution < -0.4 is 0 Å². The van der Waals surface area contributed by atoms with E-state index in [9.17, 15) is 0 Å². The van der Waals surface area contributed by atoms with Gasteiger partial charge in [0.2, 0.25) is 0 Å². The van der Waals surface area contributed by atoms with Crippen LogP contribution in [0.4, 0.5) is 0 Å². The zero-order chi connectivity index (χ0) is 18.2. The van der Waals surface area contributed by atoms with E-state index in [1.54, 1.807) is 11.8 Å². The summed E-state index contributed by atoms with van der Waals surface area (Å²) in [6, 6.07) is 0. The molecule has 25 heavy (non-hydrogen) atoms. The summed E-state index contributed by atoms with van der Waals surface area (Å²) in [7, 11) is 0. The molecule has 0 radical (unpaired) electrons. The Morgan fingerprint density at radius 2 is 2.24 bits per heavy atom. The second-order valence-electron chi connectivity index (χ2n) is 6.69. The summed E-state index contributed by atoms with van der Waals surface area (Å²) in [5, 5.41) is 2.07. The Hall–Kier alpha value is -1.26. The first-order chi connectivity index (χ1) is 12.1. The highest BCUT2D eigenvalue weighted by atomic mass is 32.2. The van der Waals surface area contributed by atoms with Gasteiger partial charge in [0.05, 0.1) is 13.2 Å². The van der Waals surface area contributed by atoms with Crippen LogP contribution in [0.15, 0.2) is 51.4 Å². The van der Waals surface area contributed by atoms with Crippen molar-refractivity contribution in [2.45, 2.75) is 40.5 Å². The molecule has 3 nitrogen and oxygen atoms in total. The van der Waals surface area contributed by atoms with Gasteiger partial charge in [0.15, 0.2) is 0 Å². The number of rotatable bonds is 9. The van der Waals surface area contributed by atoms with E-state index in [0.717, 1.165) is 49.9 Å². The molecule has 0 saturated carbocycles. The maximum Gasteiger partial charge on any atom is 0.141 e. The molecule has 1 saturated heterocycles. The van der Waals surface area contributed by atoms with E-state index in [4.69, 9.17) is 9.73 Å². The zero-order valence-corrected chi connectivity index (χ0v) is 16.9. The molecule has 0 aromatic heterocycles. The molecule has 2 rings (SSSR count). The summed E-state index contributed by atoms with van der Waals surface area (Å²) >= 11 is 1.66. The molecule has 4 heteroatoms. The van der Waals surface area contributed by atoms with Crippen molar-refractivity contribution in [1.82, 2.24) is 4.90 Å². The largest absolute Gasteiger partial charge is 0.381 e. The van der Waals surface area contributed by atoms with Crippen LogP contribution in [0.1, 0.15) is 40.5 Å². The molecular formula is C21H32N2OS. The van der Waals surface area contributed by atoms with Crippen molar-refractivity contribution in [3.05, 3.63) is 46.4 Å². The second-order valence-corrected chi connectivity index (χ2v) is 7.69. The molecule has 0 amide bonds. The van der Waals surface area contributed by atoms with E-state index in [0.29, 0.717) is 11.8 Å². The molecule has 2 atom stereocenters. The summed E-state index contributed by atoms with van der Waals surface area (Å²) in [5.74, 6) is 2.02. The third-order valence-corrected chi connectivity index (χ3v) is 5.48. The standard InChI is InChI=1S/C21H32N2OS/c1-6-9-16(4)19-13-22-21(17(5)25-11-8-3)23-14-18(12-20(19)23)15-24-10-7-2/h6,8-9,11,16,18H,5,7,10,12-15H2,1-4H3/b9-6-,11-8-. The van der Waals surface area contributed by atoms with Gasteiger partial charge in [-0.3, -0.25) is 4.99 Å². The number of hydrogen-bond donors (Lipinski definition) is 0. The molecule has 2 aliphatic rings. The Labute approximate surface area is 157 Å². The van der Waals surface area contributed by atoms with Gasteiger partial charge in [0.25, 0.3) is 0 Å². The van der Waals surface area contributed by atoms with Gasteiger partial charge in [-0.05, 0) is 43.6 Å². The average molecular weight is 361 g/mol. The summed E-state index contributed by atoms with van der Waals surface area (Å²) in [4.78, 5) is 8.33. The first-order valence-electron chi connectivity index (χ1n) is 9.33. The number of nitrogens with zero attached hydrogens (tertiary/aromatic N) is 2. The molecule has 0 bridgehead atoms. The van der Waals surface area contributed by atoms with E-state index < -0.39 is 0 Å². The smallest absolute Gasteiger partial charge is 0.141 e. The molecule has 2 heterocycles. The molecule has 138 valence electrons. The monoisotopic (exact) mass is 360 g/mol. The normalized spacial score (nSPS) is 22.0. The molecule has 0 aliphatic carbocycles. The fraction of sp³-hybridized carbons (Fsp3) is 0.571. The van der Waals surface area contributed by atoms with E-state index in [-0.39, 0.29) is 0 Å². The Morgan fingerprint density at radius 3 is 2.92 bits per heavy atom. The molecule has 0 N–H and O–H groups in total. The first-order valence-corrected chi connectivity index (χ1v) is 10.2. The second kappa shape index (κ2) is 10.0. The van der Waals surface area contributed by atoms with E-state index in [2.05, 4.69) is 49.8 Å². The Bertz CT molecular complexity index is 589. The Balaban J connectivity index is 2.20. The van der Waals surface area contributed by atoms with E-state index in [1.807, 2.05) is 13.0 Å². The minimum atomic E-state index is 0.430. The summed E-state index contributed by atoms with van der Waals surface area (Å²) in [5.41, 5.74) is 2.90. The zero-order valence-electron chi connectivity index (χ0n) is 16.1. The molecule has 1 fully saturated rings. The predicted octanol–water partition coefficient (Wildman–Crippen LogP) is 5.39. The molecule has 2 unspecified atom stereocenters. The van der Waals surface area contributed by atoms with E-state index in [1.165, 1.54) is 11.3 Å². The number of allylic oxidation sites excluding steroid dienone is 4. The highest BCUT2D eigenvalue weighted by molar-refractivity contribution is 8.06. The molecule has 0 aromatic carbocycles. The summed E-state index contributed by atoms with van der Waals surface area (Å²) < 4.78 is 5.83. The van der Waals surface area contributed by atoms with Gasteiger partial charge < -0.3 is 9.64 Å². The maximum atomic E-state index is 5.83. The van der Waals surface area contributed by atoms with Gasteiger partial charge in [-0.1, -0.05) is 50.4 Å². The van der Waals surface area contributed by atoms with Crippen LogP contribution >= 0.6 is 11.8 Å². The lowest BCUT2D eigenvalue weighted by Gasteiger charge is -2.31.